The van der Waals surface area contributed by atoms with Gasteiger partial charge >= 0.3 is 0 Å². The average molecular weight is 503 g/mol. The second-order valence-corrected chi connectivity index (χ2v) is 11.8. The molecule has 172 valence electrons. The lowest BCUT2D eigenvalue weighted by atomic mass is 10.0. The summed E-state index contributed by atoms with van der Waals surface area (Å²) in [6, 6.07) is 17.0. The van der Waals surface area contributed by atoms with Gasteiger partial charge in [0.2, 0.25) is 5.91 Å². The molecule has 1 heterocycles. The highest BCUT2D eigenvalue weighted by Gasteiger charge is 2.34. The molecule has 2 amide bonds. The summed E-state index contributed by atoms with van der Waals surface area (Å²) < 4.78 is 24.7. The number of amides is 2. The van der Waals surface area contributed by atoms with Gasteiger partial charge in [0.05, 0.1) is 20.0 Å². The molecule has 0 bridgehead atoms. The van der Waals surface area contributed by atoms with E-state index in [4.69, 9.17) is 11.6 Å². The predicted octanol–water partition coefficient (Wildman–Crippen LogP) is 5.01. The van der Waals surface area contributed by atoms with Crippen LogP contribution in [0.5, 0.6) is 0 Å². The summed E-state index contributed by atoms with van der Waals surface area (Å²) in [4.78, 5) is 26.2. The van der Waals surface area contributed by atoms with Crippen molar-refractivity contribution in [3.63, 3.8) is 0 Å². The molecule has 2 N–H and O–H groups in total. The van der Waals surface area contributed by atoms with Crippen molar-refractivity contribution in [3.8, 4) is 11.1 Å². The largest absolute Gasteiger partial charge is 0.348 e. The Morgan fingerprint density at radius 2 is 1.73 bits per heavy atom. The maximum Gasteiger partial charge on any atom is 0.261 e. The monoisotopic (exact) mass is 502 g/mol. The molecular weight excluding hydrogens is 480 g/mol. The fourth-order valence-electron chi connectivity index (χ4n) is 4.12. The van der Waals surface area contributed by atoms with Crippen LogP contribution in [0.25, 0.3) is 11.1 Å². The van der Waals surface area contributed by atoms with Gasteiger partial charge in [0.1, 0.15) is 0 Å². The zero-order chi connectivity index (χ0) is 23.6. The van der Waals surface area contributed by atoms with Crippen LogP contribution in [0, 0.1) is 5.92 Å². The molecule has 0 saturated heterocycles. The molecule has 2 atom stereocenters. The Labute approximate surface area is 201 Å². The van der Waals surface area contributed by atoms with E-state index < -0.39 is 9.84 Å². The van der Waals surface area contributed by atoms with E-state index in [0.717, 1.165) is 18.4 Å². The van der Waals surface area contributed by atoms with Crippen LogP contribution in [0.4, 0.5) is 5.69 Å². The number of rotatable bonds is 6. The van der Waals surface area contributed by atoms with Gasteiger partial charge in [-0.25, -0.2) is 8.42 Å². The zero-order valence-electron chi connectivity index (χ0n) is 17.9. The number of thiophene rings is 1. The minimum atomic E-state index is -3.37. The van der Waals surface area contributed by atoms with E-state index in [2.05, 4.69) is 10.6 Å². The Morgan fingerprint density at radius 3 is 2.39 bits per heavy atom. The number of benzene rings is 2. The summed E-state index contributed by atoms with van der Waals surface area (Å²) in [5.74, 6) is -0.688. The fraction of sp³-hybridized carbons (Fsp3) is 0.250. The molecule has 0 radical (unpaired) electrons. The highest BCUT2D eigenvalue weighted by atomic mass is 35.5. The lowest BCUT2D eigenvalue weighted by Crippen LogP contribution is -2.41. The van der Waals surface area contributed by atoms with Gasteiger partial charge in [0, 0.05) is 23.5 Å². The minimum Gasteiger partial charge on any atom is -0.348 e. The predicted molar refractivity (Wildman–Crippen MR) is 132 cm³/mol. The van der Waals surface area contributed by atoms with E-state index in [9.17, 15) is 18.0 Å². The van der Waals surface area contributed by atoms with E-state index in [1.165, 1.54) is 17.6 Å². The summed E-state index contributed by atoms with van der Waals surface area (Å²) in [7, 11) is -3.37. The molecule has 4 rings (SSSR count). The Bertz CT molecular complexity index is 1290. The highest BCUT2D eigenvalue weighted by Crippen LogP contribution is 2.30. The first-order valence-electron chi connectivity index (χ1n) is 10.5. The summed E-state index contributed by atoms with van der Waals surface area (Å²) in [5, 5.41) is 5.90. The number of anilines is 1. The first kappa shape index (κ1) is 23.5. The second-order valence-electron chi connectivity index (χ2n) is 8.06. The van der Waals surface area contributed by atoms with Crippen LogP contribution in [0.2, 0.25) is 4.34 Å². The van der Waals surface area contributed by atoms with Gasteiger partial charge in [0.25, 0.3) is 5.91 Å². The Morgan fingerprint density at radius 1 is 1.00 bits per heavy atom. The molecular formula is C24H23ClN2O4S2. The van der Waals surface area contributed by atoms with Crippen LogP contribution in [0.1, 0.15) is 28.9 Å². The number of carbonyl (C=O) groups excluding carboxylic acids is 2. The van der Waals surface area contributed by atoms with Crippen LogP contribution in [-0.4, -0.2) is 32.5 Å². The van der Waals surface area contributed by atoms with Crippen LogP contribution in [0.15, 0.2) is 65.6 Å². The summed E-state index contributed by atoms with van der Waals surface area (Å²) in [6.45, 7) is 0. The SMILES string of the molecule is CS(=O)(=O)c1ccccc1-c1ccc(NC(=O)[C@H]2CCC[C@H]2NC(=O)c2ccc(Cl)s2)cc1. The van der Waals surface area contributed by atoms with Crippen LogP contribution in [0.3, 0.4) is 0 Å². The molecule has 2 aromatic carbocycles. The van der Waals surface area contributed by atoms with Gasteiger partial charge in [-0.05, 0) is 48.7 Å². The van der Waals surface area contributed by atoms with Crippen molar-refractivity contribution in [2.24, 2.45) is 5.92 Å². The highest BCUT2D eigenvalue weighted by molar-refractivity contribution is 7.90. The van der Waals surface area contributed by atoms with E-state index in [1.54, 1.807) is 60.7 Å². The molecule has 33 heavy (non-hydrogen) atoms. The molecule has 0 unspecified atom stereocenters. The fourth-order valence-corrected chi connectivity index (χ4v) is 5.98. The van der Waals surface area contributed by atoms with Crippen molar-refractivity contribution in [1.29, 1.82) is 0 Å². The van der Waals surface area contributed by atoms with Gasteiger partial charge in [-0.1, -0.05) is 48.4 Å². The summed E-state index contributed by atoms with van der Waals surface area (Å²) >= 11 is 7.12. The lowest BCUT2D eigenvalue weighted by Gasteiger charge is -2.20. The molecule has 9 heteroatoms. The molecule has 1 aliphatic carbocycles. The van der Waals surface area contributed by atoms with E-state index in [-0.39, 0.29) is 28.7 Å². The second kappa shape index (κ2) is 9.67. The van der Waals surface area contributed by atoms with Gasteiger partial charge in [0.15, 0.2) is 9.84 Å². The maximum atomic E-state index is 12.9. The normalized spacial score (nSPS) is 18.1. The molecule has 1 aliphatic rings. The van der Waals surface area contributed by atoms with Crippen molar-refractivity contribution < 1.29 is 18.0 Å². The Balaban J connectivity index is 1.44. The van der Waals surface area contributed by atoms with Gasteiger partial charge in [-0.3, -0.25) is 9.59 Å². The summed E-state index contributed by atoms with van der Waals surface area (Å²) in [5.41, 5.74) is 1.97. The lowest BCUT2D eigenvalue weighted by molar-refractivity contribution is -0.120. The molecule has 1 saturated carbocycles. The molecule has 1 aromatic heterocycles. The first-order valence-corrected chi connectivity index (χ1v) is 13.6. The third kappa shape index (κ3) is 5.46. The van der Waals surface area contributed by atoms with Crippen molar-refractivity contribution in [2.75, 3.05) is 11.6 Å². The Hall–Kier alpha value is -2.68. The molecule has 6 nitrogen and oxygen atoms in total. The molecule has 0 spiro atoms. The average Bonchev–Trinajstić information content (AvgIpc) is 3.43. The van der Waals surface area contributed by atoms with E-state index >= 15 is 0 Å². The van der Waals surface area contributed by atoms with Crippen LogP contribution < -0.4 is 10.6 Å². The number of carbonyl (C=O) groups is 2. The van der Waals surface area contributed by atoms with Crippen molar-refractivity contribution in [1.82, 2.24) is 5.32 Å². The van der Waals surface area contributed by atoms with Gasteiger partial charge < -0.3 is 10.6 Å². The van der Waals surface area contributed by atoms with Crippen LogP contribution >= 0.6 is 22.9 Å². The third-order valence-electron chi connectivity index (χ3n) is 5.72. The van der Waals surface area contributed by atoms with Gasteiger partial charge in [-0.2, -0.15) is 0 Å². The van der Waals surface area contributed by atoms with E-state index in [1.807, 2.05) is 0 Å². The number of halogens is 1. The Kier molecular flexibility index (Phi) is 6.88. The van der Waals surface area contributed by atoms with E-state index in [0.29, 0.717) is 26.9 Å². The number of sulfone groups is 1. The molecule has 1 fully saturated rings. The number of hydrogen-bond acceptors (Lipinski definition) is 5. The quantitative estimate of drug-likeness (QED) is 0.495. The van der Waals surface area contributed by atoms with Crippen molar-refractivity contribution >= 4 is 50.3 Å². The maximum absolute atomic E-state index is 12.9. The third-order valence-corrected chi connectivity index (χ3v) is 8.10. The zero-order valence-corrected chi connectivity index (χ0v) is 20.3. The minimum absolute atomic E-state index is 0.147. The first-order chi connectivity index (χ1) is 15.7. The molecule has 0 aliphatic heterocycles. The molecule has 3 aromatic rings. The number of nitrogens with one attached hydrogen (secondary N) is 2. The topological polar surface area (TPSA) is 92.3 Å². The standard InChI is InChI=1S/C24H23ClN2O4S2/c1-33(30,31)21-8-3-2-5-17(21)15-9-11-16(12-10-15)26-23(28)18-6-4-7-19(18)27-24(29)20-13-14-22(25)32-20/h2-3,5,8-14,18-19H,4,6-7H2,1H3,(H,26,28)(H,27,29)/t18-,19+/m0/s1. The summed E-state index contributed by atoms with van der Waals surface area (Å²) in [6.07, 6.45) is 3.48. The number of hydrogen-bond donors (Lipinski definition) is 2. The van der Waals surface area contributed by atoms with Crippen molar-refractivity contribution in [2.45, 2.75) is 30.2 Å². The van der Waals surface area contributed by atoms with Crippen LogP contribution in [-0.2, 0) is 14.6 Å². The van der Waals surface area contributed by atoms with Gasteiger partial charge in [-0.15, -0.1) is 11.3 Å². The smallest absolute Gasteiger partial charge is 0.261 e. The van der Waals surface area contributed by atoms with Crippen molar-refractivity contribution in [3.05, 3.63) is 69.9 Å².